The van der Waals surface area contributed by atoms with Crippen LogP contribution in [0.5, 0.6) is 0 Å². The summed E-state index contributed by atoms with van der Waals surface area (Å²) < 4.78 is 30.0. The van der Waals surface area contributed by atoms with Crippen LogP contribution in [0.4, 0.5) is 0 Å². The van der Waals surface area contributed by atoms with Crippen LogP contribution < -0.4 is 0 Å². The van der Waals surface area contributed by atoms with E-state index < -0.39 is 9.84 Å². The molecule has 5 nitrogen and oxygen atoms in total. The van der Waals surface area contributed by atoms with E-state index in [0.29, 0.717) is 33.6 Å². The van der Waals surface area contributed by atoms with Crippen molar-refractivity contribution in [1.29, 1.82) is 0 Å². The number of furan rings is 1. The number of carbonyl (C=O) groups excluding carboxylic acids is 1. The molecule has 4 rings (SSSR count). The Bertz CT molecular complexity index is 1170. The molecule has 0 bridgehead atoms. The van der Waals surface area contributed by atoms with E-state index in [4.69, 9.17) is 27.6 Å². The lowest BCUT2D eigenvalue weighted by Gasteiger charge is -2.27. The van der Waals surface area contributed by atoms with E-state index in [1.54, 1.807) is 59.5 Å². The van der Waals surface area contributed by atoms with Crippen LogP contribution in [0.1, 0.15) is 22.5 Å². The molecule has 156 valence electrons. The molecule has 0 spiro atoms. The molecular formula is C22H19Cl2NO4S. The van der Waals surface area contributed by atoms with Gasteiger partial charge in [0.25, 0.3) is 5.91 Å². The first-order valence-electron chi connectivity index (χ1n) is 9.43. The van der Waals surface area contributed by atoms with Gasteiger partial charge < -0.3 is 9.32 Å². The molecule has 1 amide bonds. The molecule has 0 saturated carbocycles. The van der Waals surface area contributed by atoms with E-state index in [2.05, 4.69) is 0 Å². The summed E-state index contributed by atoms with van der Waals surface area (Å²) in [5, 5.41) is 0.874. The molecular weight excluding hydrogens is 445 g/mol. The highest BCUT2D eigenvalue weighted by Crippen LogP contribution is 2.30. The number of hydrogen-bond acceptors (Lipinski definition) is 4. The van der Waals surface area contributed by atoms with Gasteiger partial charge in [0.05, 0.1) is 28.1 Å². The molecule has 1 fully saturated rings. The van der Waals surface area contributed by atoms with Crippen molar-refractivity contribution in [2.45, 2.75) is 19.0 Å². The number of nitrogens with zero attached hydrogens (tertiary/aromatic N) is 1. The number of benzene rings is 2. The van der Waals surface area contributed by atoms with Crippen LogP contribution in [0.25, 0.3) is 11.3 Å². The highest BCUT2D eigenvalue weighted by atomic mass is 35.5. The maximum absolute atomic E-state index is 13.2. The molecule has 1 aromatic heterocycles. The Kier molecular flexibility index (Phi) is 5.91. The average Bonchev–Trinajstić information content (AvgIpc) is 3.34. The Labute approximate surface area is 185 Å². The maximum atomic E-state index is 13.2. The molecule has 1 aliphatic rings. The van der Waals surface area contributed by atoms with Crippen molar-refractivity contribution >= 4 is 38.9 Å². The van der Waals surface area contributed by atoms with Crippen molar-refractivity contribution in [3.05, 3.63) is 82.0 Å². The minimum Gasteiger partial charge on any atom is -0.459 e. The largest absolute Gasteiger partial charge is 0.459 e. The first kappa shape index (κ1) is 21.0. The van der Waals surface area contributed by atoms with Crippen molar-refractivity contribution in [2.75, 3.05) is 11.5 Å². The predicted octanol–water partition coefficient (Wildman–Crippen LogP) is 5.08. The van der Waals surface area contributed by atoms with Crippen LogP contribution >= 0.6 is 23.2 Å². The molecule has 2 heterocycles. The second-order valence-electron chi connectivity index (χ2n) is 7.25. The van der Waals surface area contributed by atoms with Gasteiger partial charge in [0.15, 0.2) is 9.84 Å². The number of amides is 1. The van der Waals surface area contributed by atoms with Gasteiger partial charge in [0.1, 0.15) is 11.5 Å². The van der Waals surface area contributed by atoms with Gasteiger partial charge in [-0.05, 0) is 48.9 Å². The van der Waals surface area contributed by atoms with Crippen molar-refractivity contribution in [3.63, 3.8) is 0 Å². The van der Waals surface area contributed by atoms with Crippen LogP contribution in [0.15, 0.2) is 65.1 Å². The normalized spacial score (nSPS) is 17.7. The lowest BCUT2D eigenvalue weighted by molar-refractivity contribution is 0.0666. The summed E-state index contributed by atoms with van der Waals surface area (Å²) in [5.74, 6) is 0.985. The second-order valence-corrected chi connectivity index (χ2v) is 10.3. The fourth-order valence-electron chi connectivity index (χ4n) is 3.57. The zero-order chi connectivity index (χ0) is 21.3. The Morgan fingerprint density at radius 3 is 2.47 bits per heavy atom. The summed E-state index contributed by atoms with van der Waals surface area (Å²) in [6, 6.07) is 17.2. The molecule has 2 aromatic carbocycles. The average molecular weight is 464 g/mol. The lowest BCUT2D eigenvalue weighted by atomic mass is 10.1. The molecule has 8 heteroatoms. The molecule has 1 unspecified atom stereocenters. The zero-order valence-electron chi connectivity index (χ0n) is 15.9. The molecule has 0 aliphatic carbocycles. The quantitative estimate of drug-likeness (QED) is 0.528. The third kappa shape index (κ3) is 4.56. The zero-order valence-corrected chi connectivity index (χ0v) is 18.3. The SMILES string of the molecule is O=C(c1ccccc1)N(Cc1ccc(-c2ccc(Cl)c(Cl)c2)o1)C1CCS(=O)(=O)C1. The monoisotopic (exact) mass is 463 g/mol. The first-order valence-corrected chi connectivity index (χ1v) is 12.0. The number of carbonyl (C=O) groups is 1. The fourth-order valence-corrected chi connectivity index (χ4v) is 5.60. The molecule has 3 aromatic rings. The fraction of sp³-hybridized carbons (Fsp3) is 0.227. The highest BCUT2D eigenvalue weighted by Gasteiger charge is 2.35. The van der Waals surface area contributed by atoms with E-state index in [0.717, 1.165) is 5.56 Å². The van der Waals surface area contributed by atoms with Gasteiger partial charge in [0.2, 0.25) is 0 Å². The number of sulfone groups is 1. The van der Waals surface area contributed by atoms with Gasteiger partial charge >= 0.3 is 0 Å². The van der Waals surface area contributed by atoms with E-state index in [9.17, 15) is 13.2 Å². The van der Waals surface area contributed by atoms with Crippen LogP contribution in [0.3, 0.4) is 0 Å². The van der Waals surface area contributed by atoms with Gasteiger partial charge in [0, 0.05) is 17.2 Å². The third-order valence-electron chi connectivity index (χ3n) is 5.12. The summed E-state index contributed by atoms with van der Waals surface area (Å²) in [6.45, 7) is 0.176. The number of halogens is 2. The number of rotatable bonds is 5. The maximum Gasteiger partial charge on any atom is 0.254 e. The van der Waals surface area contributed by atoms with Crippen LogP contribution in [0, 0.1) is 0 Å². The van der Waals surface area contributed by atoms with E-state index in [1.807, 2.05) is 6.07 Å². The second kappa shape index (κ2) is 8.46. The van der Waals surface area contributed by atoms with E-state index in [-0.39, 0.29) is 30.0 Å². The molecule has 30 heavy (non-hydrogen) atoms. The van der Waals surface area contributed by atoms with Crippen molar-refractivity contribution in [3.8, 4) is 11.3 Å². The minimum absolute atomic E-state index is 0.0358. The van der Waals surface area contributed by atoms with E-state index in [1.165, 1.54) is 0 Å². The van der Waals surface area contributed by atoms with Crippen LogP contribution in [-0.4, -0.2) is 36.8 Å². The first-order chi connectivity index (χ1) is 14.3. The number of hydrogen-bond donors (Lipinski definition) is 0. The van der Waals surface area contributed by atoms with Crippen molar-refractivity contribution in [2.24, 2.45) is 0 Å². The minimum atomic E-state index is -3.15. The van der Waals surface area contributed by atoms with Crippen molar-refractivity contribution < 1.29 is 17.6 Å². The summed E-state index contributed by atoms with van der Waals surface area (Å²) in [7, 11) is -3.15. The summed E-state index contributed by atoms with van der Waals surface area (Å²) in [4.78, 5) is 14.8. The molecule has 1 aliphatic heterocycles. The topological polar surface area (TPSA) is 67.6 Å². The van der Waals surface area contributed by atoms with Gasteiger partial charge in [-0.3, -0.25) is 4.79 Å². The Balaban J connectivity index is 1.61. The Morgan fingerprint density at radius 2 is 1.80 bits per heavy atom. The van der Waals surface area contributed by atoms with Gasteiger partial charge in [-0.1, -0.05) is 41.4 Å². The van der Waals surface area contributed by atoms with Crippen LogP contribution in [0.2, 0.25) is 10.0 Å². The van der Waals surface area contributed by atoms with Crippen molar-refractivity contribution in [1.82, 2.24) is 4.90 Å². The molecule has 1 saturated heterocycles. The molecule has 0 radical (unpaired) electrons. The highest BCUT2D eigenvalue weighted by molar-refractivity contribution is 7.91. The smallest absolute Gasteiger partial charge is 0.254 e. The van der Waals surface area contributed by atoms with Gasteiger partial charge in [-0.2, -0.15) is 0 Å². The van der Waals surface area contributed by atoms with E-state index >= 15 is 0 Å². The Hall–Kier alpha value is -2.28. The molecule has 1 atom stereocenters. The van der Waals surface area contributed by atoms with Gasteiger partial charge in [-0.25, -0.2) is 8.42 Å². The van der Waals surface area contributed by atoms with Crippen LogP contribution in [-0.2, 0) is 16.4 Å². The predicted molar refractivity (Wildman–Crippen MR) is 118 cm³/mol. The third-order valence-corrected chi connectivity index (χ3v) is 7.61. The summed E-state index contributed by atoms with van der Waals surface area (Å²) in [5.41, 5.74) is 1.28. The standard InChI is InChI=1S/C22H19Cl2NO4S/c23-19-8-6-16(12-20(19)24)21-9-7-18(29-21)13-25(17-10-11-30(27,28)14-17)22(26)15-4-2-1-3-5-15/h1-9,12,17H,10-11,13-14H2. The Morgan fingerprint density at radius 1 is 1.03 bits per heavy atom. The lowest BCUT2D eigenvalue weighted by Crippen LogP contribution is -2.40. The summed E-state index contributed by atoms with van der Waals surface area (Å²) >= 11 is 12.1. The molecule has 0 N–H and O–H groups in total. The summed E-state index contributed by atoms with van der Waals surface area (Å²) in [6.07, 6.45) is 0.418. The van der Waals surface area contributed by atoms with Gasteiger partial charge in [-0.15, -0.1) is 0 Å².